The van der Waals surface area contributed by atoms with Crippen LogP contribution in [0.5, 0.6) is 0 Å². The largest absolute Gasteiger partial charge is 0.424 e. The first-order chi connectivity index (χ1) is 6.94. The lowest BCUT2D eigenvalue weighted by Crippen LogP contribution is -2.43. The lowest BCUT2D eigenvalue weighted by molar-refractivity contribution is 0.0982. The first kappa shape index (κ1) is 12.4. The van der Waals surface area contributed by atoms with Crippen LogP contribution in [-0.4, -0.2) is 22.0 Å². The Labute approximate surface area is 94.1 Å². The van der Waals surface area contributed by atoms with Crippen LogP contribution in [0.15, 0.2) is 24.3 Å². The molecule has 1 aromatic carbocycles. The van der Waals surface area contributed by atoms with Crippen LogP contribution in [0.3, 0.4) is 0 Å². The molecule has 1 rings (SSSR count). The molecule has 15 heavy (non-hydrogen) atoms. The van der Waals surface area contributed by atoms with Gasteiger partial charge in [0.25, 0.3) is 0 Å². The Morgan fingerprint density at radius 1 is 1.13 bits per heavy atom. The van der Waals surface area contributed by atoms with Gasteiger partial charge in [-0.15, -0.1) is 0 Å². The Kier molecular flexibility index (Phi) is 4.08. The standard InChI is InChI=1S/C12H19O2Si/c1-10-8-6-7-9-11(10)15(13-5)14-12(2,3)4/h6-9H,1-5H3. The van der Waals surface area contributed by atoms with Gasteiger partial charge in [0.05, 0.1) is 5.60 Å². The SMILES string of the molecule is CO[Si](OC(C)(C)C)c1ccccc1C. The summed E-state index contributed by atoms with van der Waals surface area (Å²) in [6.45, 7) is 8.24. The summed E-state index contributed by atoms with van der Waals surface area (Å²) in [5, 5.41) is 1.19. The molecule has 1 radical (unpaired) electrons. The molecule has 0 atom stereocenters. The second kappa shape index (κ2) is 4.92. The first-order valence-corrected chi connectivity index (χ1v) is 6.41. The summed E-state index contributed by atoms with van der Waals surface area (Å²) in [5.74, 6) is 0. The Balaban J connectivity index is 2.88. The summed E-state index contributed by atoms with van der Waals surface area (Å²) in [6, 6.07) is 8.23. The lowest BCUT2D eigenvalue weighted by atomic mass is 10.2. The number of aryl methyl sites for hydroxylation is 1. The van der Waals surface area contributed by atoms with Crippen LogP contribution in [0.4, 0.5) is 0 Å². The van der Waals surface area contributed by atoms with Crippen molar-refractivity contribution in [3.8, 4) is 0 Å². The smallest absolute Gasteiger partial charge is 0.393 e. The maximum absolute atomic E-state index is 5.93. The third kappa shape index (κ3) is 3.78. The van der Waals surface area contributed by atoms with E-state index in [9.17, 15) is 0 Å². The minimum absolute atomic E-state index is 0.160. The predicted molar refractivity (Wildman–Crippen MR) is 64.4 cm³/mol. The van der Waals surface area contributed by atoms with Crippen molar-refractivity contribution in [1.82, 2.24) is 0 Å². The zero-order chi connectivity index (χ0) is 11.5. The fourth-order valence-electron chi connectivity index (χ4n) is 1.29. The third-order valence-electron chi connectivity index (χ3n) is 1.95. The molecule has 0 aliphatic heterocycles. The van der Waals surface area contributed by atoms with Gasteiger partial charge in [0.2, 0.25) is 0 Å². The van der Waals surface area contributed by atoms with E-state index in [0.29, 0.717) is 0 Å². The molecule has 83 valence electrons. The van der Waals surface area contributed by atoms with Gasteiger partial charge >= 0.3 is 9.28 Å². The second-order valence-corrected chi connectivity index (χ2v) is 6.25. The number of rotatable bonds is 3. The van der Waals surface area contributed by atoms with Crippen molar-refractivity contribution < 1.29 is 8.85 Å². The van der Waals surface area contributed by atoms with Crippen molar-refractivity contribution in [3.63, 3.8) is 0 Å². The number of hydrogen-bond donors (Lipinski definition) is 0. The van der Waals surface area contributed by atoms with E-state index in [2.05, 4.69) is 39.8 Å². The molecule has 0 unspecified atom stereocenters. The monoisotopic (exact) mass is 223 g/mol. The molecule has 0 aromatic heterocycles. The predicted octanol–water partition coefficient (Wildman–Crippen LogP) is 2.15. The average Bonchev–Trinajstić information content (AvgIpc) is 2.14. The summed E-state index contributed by atoms with van der Waals surface area (Å²) in [6.07, 6.45) is 0. The zero-order valence-corrected chi connectivity index (χ0v) is 11.1. The Morgan fingerprint density at radius 3 is 2.20 bits per heavy atom. The highest BCUT2D eigenvalue weighted by molar-refractivity contribution is 6.61. The number of benzene rings is 1. The highest BCUT2D eigenvalue weighted by atomic mass is 28.3. The van der Waals surface area contributed by atoms with Crippen molar-refractivity contribution in [3.05, 3.63) is 29.8 Å². The first-order valence-electron chi connectivity index (χ1n) is 5.10. The van der Waals surface area contributed by atoms with Gasteiger partial charge in [-0.2, -0.15) is 0 Å². The Bertz CT molecular complexity index is 318. The van der Waals surface area contributed by atoms with E-state index in [-0.39, 0.29) is 5.60 Å². The molecule has 0 aliphatic carbocycles. The van der Waals surface area contributed by atoms with E-state index < -0.39 is 9.28 Å². The molecular weight excluding hydrogens is 204 g/mol. The van der Waals surface area contributed by atoms with Crippen LogP contribution < -0.4 is 5.19 Å². The van der Waals surface area contributed by atoms with Crippen molar-refractivity contribution in [1.29, 1.82) is 0 Å². The van der Waals surface area contributed by atoms with E-state index in [1.807, 2.05) is 12.1 Å². The highest BCUT2D eigenvalue weighted by Gasteiger charge is 2.25. The summed E-state index contributed by atoms with van der Waals surface area (Å²) in [4.78, 5) is 0. The fourth-order valence-corrected chi connectivity index (χ4v) is 2.89. The molecular formula is C12H19O2Si. The van der Waals surface area contributed by atoms with E-state index in [4.69, 9.17) is 8.85 Å². The minimum Gasteiger partial charge on any atom is -0.393 e. The van der Waals surface area contributed by atoms with Gasteiger partial charge in [-0.3, -0.25) is 0 Å². The van der Waals surface area contributed by atoms with Gasteiger partial charge in [0, 0.05) is 7.11 Å². The van der Waals surface area contributed by atoms with E-state index in [1.165, 1.54) is 10.8 Å². The maximum atomic E-state index is 5.93. The average molecular weight is 223 g/mol. The molecule has 0 aliphatic rings. The minimum atomic E-state index is -1.35. The number of hydrogen-bond acceptors (Lipinski definition) is 2. The van der Waals surface area contributed by atoms with Crippen LogP contribution in [0.2, 0.25) is 0 Å². The quantitative estimate of drug-likeness (QED) is 0.731. The molecule has 1 aromatic rings. The molecule has 0 N–H and O–H groups in total. The summed E-state index contributed by atoms with van der Waals surface area (Å²) >= 11 is 0. The molecule has 2 nitrogen and oxygen atoms in total. The van der Waals surface area contributed by atoms with E-state index >= 15 is 0 Å². The third-order valence-corrected chi connectivity index (χ3v) is 4.12. The molecule has 0 saturated carbocycles. The Morgan fingerprint density at radius 2 is 1.73 bits per heavy atom. The van der Waals surface area contributed by atoms with Gasteiger partial charge in [0.15, 0.2) is 0 Å². The normalized spacial score (nSPS) is 12.1. The second-order valence-electron chi connectivity index (χ2n) is 4.52. The summed E-state index contributed by atoms with van der Waals surface area (Å²) in [7, 11) is 0.366. The summed E-state index contributed by atoms with van der Waals surface area (Å²) < 4.78 is 11.4. The van der Waals surface area contributed by atoms with Crippen molar-refractivity contribution in [2.24, 2.45) is 0 Å². The van der Waals surface area contributed by atoms with Gasteiger partial charge in [0.1, 0.15) is 0 Å². The Hall–Kier alpha value is -0.643. The van der Waals surface area contributed by atoms with Crippen LogP contribution in [0.25, 0.3) is 0 Å². The molecule has 0 spiro atoms. The van der Waals surface area contributed by atoms with Crippen LogP contribution in [-0.2, 0) is 8.85 Å². The zero-order valence-electron chi connectivity index (χ0n) is 10.1. The van der Waals surface area contributed by atoms with Crippen molar-refractivity contribution in [2.75, 3.05) is 7.11 Å². The van der Waals surface area contributed by atoms with Crippen molar-refractivity contribution >= 4 is 14.5 Å². The van der Waals surface area contributed by atoms with Crippen LogP contribution in [0, 0.1) is 6.92 Å². The summed E-state index contributed by atoms with van der Waals surface area (Å²) in [5.41, 5.74) is 1.07. The van der Waals surface area contributed by atoms with E-state index in [0.717, 1.165) is 0 Å². The lowest BCUT2D eigenvalue weighted by Gasteiger charge is -2.25. The van der Waals surface area contributed by atoms with Gasteiger partial charge < -0.3 is 8.85 Å². The maximum Gasteiger partial charge on any atom is 0.424 e. The van der Waals surface area contributed by atoms with E-state index in [1.54, 1.807) is 7.11 Å². The molecule has 0 bridgehead atoms. The molecule has 0 amide bonds. The van der Waals surface area contributed by atoms with Crippen molar-refractivity contribution in [2.45, 2.75) is 33.3 Å². The molecule has 0 saturated heterocycles. The van der Waals surface area contributed by atoms with Gasteiger partial charge in [-0.1, -0.05) is 24.3 Å². The highest BCUT2D eigenvalue weighted by Crippen LogP contribution is 2.10. The van der Waals surface area contributed by atoms with Crippen LogP contribution >= 0.6 is 0 Å². The molecule has 0 fully saturated rings. The van der Waals surface area contributed by atoms with Crippen LogP contribution in [0.1, 0.15) is 26.3 Å². The fraction of sp³-hybridized carbons (Fsp3) is 0.500. The van der Waals surface area contributed by atoms with Gasteiger partial charge in [-0.05, 0) is 38.4 Å². The van der Waals surface area contributed by atoms with Gasteiger partial charge in [-0.25, -0.2) is 0 Å². The molecule has 3 heteroatoms. The molecule has 0 heterocycles. The topological polar surface area (TPSA) is 18.5 Å².